The minimum absolute atomic E-state index is 0.00981. The molecule has 0 aromatic rings. The molecule has 0 fully saturated rings. The van der Waals surface area contributed by atoms with Crippen LogP contribution in [0.15, 0.2) is 73.1 Å². The Morgan fingerprint density at radius 2 is 1.19 bits per heavy atom. The summed E-state index contributed by atoms with van der Waals surface area (Å²) in [4.78, 5) is 34.6. The van der Waals surface area contributed by atoms with Crippen molar-refractivity contribution in [1.82, 2.24) is 0 Å². The first-order valence-electron chi connectivity index (χ1n) is 20.4. The summed E-state index contributed by atoms with van der Waals surface area (Å²) in [6.45, 7) is 3.89. The van der Waals surface area contributed by atoms with E-state index in [2.05, 4.69) is 50.3 Å². The van der Waals surface area contributed by atoms with Crippen LogP contribution in [0.25, 0.3) is 0 Å². The maximum absolute atomic E-state index is 12.5. The van der Waals surface area contributed by atoms with Gasteiger partial charge in [-0.1, -0.05) is 126 Å². The van der Waals surface area contributed by atoms with Gasteiger partial charge in [-0.05, 0) is 82.8 Å². The molecule has 9 nitrogen and oxygen atoms in total. The highest BCUT2D eigenvalue weighted by atomic mass is 31.2. The monoisotopic (exact) mass is 764 g/mol. The van der Waals surface area contributed by atoms with Gasteiger partial charge in [-0.15, -0.1) is 0 Å². The van der Waals surface area contributed by atoms with E-state index in [0.29, 0.717) is 6.42 Å². The quantitative estimate of drug-likeness (QED) is 0.0120. The van der Waals surface area contributed by atoms with Crippen LogP contribution in [0.1, 0.15) is 155 Å². The van der Waals surface area contributed by atoms with Crippen LogP contribution < -0.4 is 5.73 Å². The number of phosphoric acid groups is 1. The smallest absolute Gasteiger partial charge is 0.472 e. The Hall–Kier alpha value is -2.55. The summed E-state index contributed by atoms with van der Waals surface area (Å²) in [6.07, 6.45) is 45.8. The molecule has 0 aromatic carbocycles. The van der Waals surface area contributed by atoms with Gasteiger partial charge in [0, 0.05) is 19.4 Å². The number of allylic oxidation sites excluding steroid dienone is 11. The fourth-order valence-electron chi connectivity index (χ4n) is 5.08. The van der Waals surface area contributed by atoms with Crippen LogP contribution in [0.3, 0.4) is 0 Å². The van der Waals surface area contributed by atoms with Crippen molar-refractivity contribution in [2.24, 2.45) is 5.73 Å². The van der Waals surface area contributed by atoms with Crippen LogP contribution in [0.4, 0.5) is 0 Å². The number of ether oxygens (including phenoxy) is 2. The first kappa shape index (κ1) is 50.5. The van der Waals surface area contributed by atoms with Crippen molar-refractivity contribution < 1.29 is 37.6 Å². The second-order valence-corrected chi connectivity index (χ2v) is 14.7. The topological polar surface area (TPSA) is 134 Å². The fraction of sp³-hybridized carbons (Fsp3) is 0.674. The Kier molecular flexibility index (Phi) is 37.3. The molecule has 1 unspecified atom stereocenters. The van der Waals surface area contributed by atoms with Gasteiger partial charge >= 0.3 is 13.8 Å². The summed E-state index contributed by atoms with van der Waals surface area (Å²) in [7, 11) is -4.36. The molecule has 10 heteroatoms. The fourth-order valence-corrected chi connectivity index (χ4v) is 5.85. The third-order valence-electron chi connectivity index (χ3n) is 8.14. The van der Waals surface area contributed by atoms with Gasteiger partial charge in [0.05, 0.1) is 19.5 Å². The molecule has 0 aliphatic heterocycles. The van der Waals surface area contributed by atoms with E-state index >= 15 is 0 Å². The minimum atomic E-state index is -4.36. The maximum Gasteiger partial charge on any atom is 0.472 e. The van der Waals surface area contributed by atoms with Crippen molar-refractivity contribution in [2.75, 3.05) is 26.4 Å². The van der Waals surface area contributed by atoms with Gasteiger partial charge < -0.3 is 20.1 Å². The molecular formula is C43H74NO8P. The first-order valence-corrected chi connectivity index (χ1v) is 21.9. The largest absolute Gasteiger partial charge is 0.498 e. The second kappa shape index (κ2) is 39.2. The van der Waals surface area contributed by atoms with E-state index in [1.807, 2.05) is 18.2 Å². The summed E-state index contributed by atoms with van der Waals surface area (Å²) in [5.74, 6) is -0.645. The van der Waals surface area contributed by atoms with Crippen molar-refractivity contribution in [3.8, 4) is 0 Å². The molecule has 0 spiro atoms. The van der Waals surface area contributed by atoms with Crippen molar-refractivity contribution in [2.45, 2.75) is 161 Å². The third kappa shape index (κ3) is 39.0. The highest BCUT2D eigenvalue weighted by Crippen LogP contribution is 2.43. The number of hydrogen-bond acceptors (Lipinski definition) is 8. The second-order valence-electron chi connectivity index (χ2n) is 13.2. The SMILES string of the molecule is CCCCC/C=C\C/C=C\C/C=C\C=C\C(=O)CCCC(=O)O[C@H](CO/C=C/CCCCCCCC/C=C\CCCCCC)COP(=O)(O)OCCN. The van der Waals surface area contributed by atoms with Crippen molar-refractivity contribution in [1.29, 1.82) is 0 Å². The maximum atomic E-state index is 12.5. The van der Waals surface area contributed by atoms with Gasteiger partial charge in [-0.25, -0.2) is 4.57 Å². The van der Waals surface area contributed by atoms with Crippen LogP contribution in [0.2, 0.25) is 0 Å². The molecule has 0 aliphatic rings. The highest BCUT2D eigenvalue weighted by Gasteiger charge is 2.25. The van der Waals surface area contributed by atoms with Crippen LogP contribution in [0.5, 0.6) is 0 Å². The molecule has 2 atom stereocenters. The number of ketones is 1. The van der Waals surface area contributed by atoms with Crippen molar-refractivity contribution in [3.05, 3.63) is 73.1 Å². The molecule has 0 amide bonds. The molecule has 3 N–H and O–H groups in total. The number of rotatable bonds is 38. The predicted octanol–water partition coefficient (Wildman–Crippen LogP) is 11.5. The molecule has 0 saturated heterocycles. The molecule has 53 heavy (non-hydrogen) atoms. The normalized spacial score (nSPS) is 14.1. The predicted molar refractivity (Wildman–Crippen MR) is 219 cm³/mol. The van der Waals surface area contributed by atoms with Crippen LogP contribution in [-0.2, 0) is 32.7 Å². The zero-order valence-electron chi connectivity index (χ0n) is 33.2. The van der Waals surface area contributed by atoms with Crippen LogP contribution >= 0.6 is 7.82 Å². The average Bonchev–Trinajstić information content (AvgIpc) is 3.14. The molecule has 0 heterocycles. The number of carbonyl (C=O) groups is 2. The molecule has 0 aromatic heterocycles. The lowest BCUT2D eigenvalue weighted by atomic mass is 10.1. The molecule has 0 aliphatic carbocycles. The van der Waals surface area contributed by atoms with E-state index in [0.717, 1.165) is 38.5 Å². The molecule has 304 valence electrons. The summed E-state index contributed by atoms with van der Waals surface area (Å²) < 4.78 is 32.9. The Labute approximate surface area is 322 Å². The lowest BCUT2D eigenvalue weighted by Gasteiger charge is -2.19. The Morgan fingerprint density at radius 1 is 0.642 bits per heavy atom. The number of carbonyl (C=O) groups excluding carboxylic acids is 2. The molecule has 0 rings (SSSR count). The van der Waals surface area contributed by atoms with Gasteiger partial charge in [-0.3, -0.25) is 18.6 Å². The highest BCUT2D eigenvalue weighted by molar-refractivity contribution is 7.47. The van der Waals surface area contributed by atoms with Crippen molar-refractivity contribution in [3.63, 3.8) is 0 Å². The standard InChI is InChI=1S/C43H74NO8P/c1-3-5-7-9-11-13-15-17-18-19-21-23-25-27-29-31-37-49-39-42(40-51-53(47,48)50-38-36-44)52-43(46)35-32-34-41(45)33-30-28-26-24-22-20-16-14-12-10-8-6-4-2/h12-15,20,22,26,28,30-31,33,37,42H,3-11,16-19,21,23-25,27,29,32,34-36,38-40,44H2,1-2H3,(H,47,48)/b14-12-,15-13-,22-20-,28-26-,33-30+,37-31+/t42-/m1/s1. The van der Waals surface area contributed by atoms with Gasteiger partial charge in [-0.2, -0.15) is 0 Å². The van der Waals surface area contributed by atoms with Gasteiger partial charge in [0.25, 0.3) is 0 Å². The van der Waals surface area contributed by atoms with Crippen LogP contribution in [0, 0.1) is 0 Å². The lowest BCUT2D eigenvalue weighted by Crippen LogP contribution is -2.28. The van der Waals surface area contributed by atoms with E-state index in [9.17, 15) is 19.0 Å². The Bertz CT molecular complexity index is 1100. The average molecular weight is 764 g/mol. The number of hydrogen-bond donors (Lipinski definition) is 2. The molecule has 0 bridgehead atoms. The van der Waals surface area contributed by atoms with Crippen molar-refractivity contribution >= 4 is 19.6 Å². The number of nitrogens with two attached hydrogens (primary N) is 1. The zero-order chi connectivity index (χ0) is 38.9. The van der Waals surface area contributed by atoms with Crippen LogP contribution in [-0.4, -0.2) is 49.1 Å². The van der Waals surface area contributed by atoms with Gasteiger partial charge in [0.1, 0.15) is 6.61 Å². The summed E-state index contributed by atoms with van der Waals surface area (Å²) >= 11 is 0. The molecular weight excluding hydrogens is 689 g/mol. The van der Waals surface area contributed by atoms with Gasteiger partial charge in [0.2, 0.25) is 0 Å². The third-order valence-corrected chi connectivity index (χ3v) is 9.12. The zero-order valence-corrected chi connectivity index (χ0v) is 34.1. The van der Waals surface area contributed by atoms with E-state index in [1.54, 1.807) is 12.3 Å². The number of unbranched alkanes of at least 4 members (excludes halogenated alkanes) is 14. The Balaban J connectivity index is 4.36. The summed E-state index contributed by atoms with van der Waals surface area (Å²) in [6, 6.07) is 0. The van der Waals surface area contributed by atoms with E-state index < -0.39 is 26.5 Å². The van der Waals surface area contributed by atoms with E-state index in [4.69, 9.17) is 24.3 Å². The van der Waals surface area contributed by atoms with E-state index in [-0.39, 0.29) is 38.4 Å². The van der Waals surface area contributed by atoms with Gasteiger partial charge in [0.15, 0.2) is 11.9 Å². The van der Waals surface area contributed by atoms with E-state index in [1.165, 1.54) is 89.5 Å². The summed E-state index contributed by atoms with van der Waals surface area (Å²) in [5.41, 5.74) is 5.34. The Morgan fingerprint density at radius 3 is 1.85 bits per heavy atom. The minimum Gasteiger partial charge on any atom is -0.498 e. The number of phosphoric ester groups is 1. The lowest BCUT2D eigenvalue weighted by molar-refractivity contribution is -0.153. The summed E-state index contributed by atoms with van der Waals surface area (Å²) in [5, 5.41) is 0. The molecule has 0 radical (unpaired) electrons. The molecule has 0 saturated carbocycles. The first-order chi connectivity index (χ1) is 25.8. The number of esters is 1.